The molecule has 0 amide bonds. The first-order valence-electron chi connectivity index (χ1n) is 4.19. The Morgan fingerprint density at radius 3 is 1.80 bits per heavy atom. The molecule has 0 aliphatic carbocycles. The molecule has 0 unspecified atom stereocenters. The third-order valence-corrected chi connectivity index (χ3v) is 2.30. The van der Waals surface area contributed by atoms with Crippen LogP contribution in [0.5, 0.6) is 0 Å². The van der Waals surface area contributed by atoms with Crippen LogP contribution in [-0.2, 0) is 0 Å². The maximum Gasteiger partial charge on any atom is 0.0298 e. The predicted octanol–water partition coefficient (Wildman–Crippen LogP) is 1.11. The maximum absolute atomic E-state index is 5.65. The van der Waals surface area contributed by atoms with Gasteiger partial charge in [0.05, 0.1) is 0 Å². The number of likely N-dealkylation sites (N-methyl/N-ethyl adjacent to an activating group) is 1. The Labute approximate surface area is 64.2 Å². The van der Waals surface area contributed by atoms with Crippen LogP contribution in [0.25, 0.3) is 0 Å². The second-order valence-corrected chi connectivity index (χ2v) is 2.72. The summed E-state index contributed by atoms with van der Waals surface area (Å²) in [5.74, 6) is 0. The van der Waals surface area contributed by atoms with Gasteiger partial charge in [-0.25, -0.2) is 0 Å². The zero-order chi connectivity index (χ0) is 8.04. The van der Waals surface area contributed by atoms with E-state index in [1.165, 1.54) is 0 Å². The highest BCUT2D eigenvalue weighted by atomic mass is 15.0. The SMILES string of the molecule is CCNC(CC)(CC)CN. The van der Waals surface area contributed by atoms with Crippen molar-refractivity contribution in [3.8, 4) is 0 Å². The molecule has 10 heavy (non-hydrogen) atoms. The lowest BCUT2D eigenvalue weighted by molar-refractivity contribution is 0.317. The first kappa shape index (κ1) is 9.92. The largest absolute Gasteiger partial charge is 0.329 e. The fraction of sp³-hybridized carbons (Fsp3) is 1.00. The van der Waals surface area contributed by atoms with E-state index in [1.807, 2.05) is 0 Å². The molecule has 3 N–H and O–H groups in total. The zero-order valence-electron chi connectivity index (χ0n) is 7.41. The summed E-state index contributed by atoms with van der Waals surface area (Å²) in [6, 6.07) is 0. The van der Waals surface area contributed by atoms with Crippen molar-refractivity contribution >= 4 is 0 Å². The molecule has 0 aliphatic rings. The van der Waals surface area contributed by atoms with Crippen LogP contribution >= 0.6 is 0 Å². The average molecular weight is 144 g/mol. The van der Waals surface area contributed by atoms with Gasteiger partial charge in [-0.3, -0.25) is 0 Å². The van der Waals surface area contributed by atoms with E-state index in [-0.39, 0.29) is 5.54 Å². The van der Waals surface area contributed by atoms with Gasteiger partial charge in [-0.1, -0.05) is 20.8 Å². The van der Waals surface area contributed by atoms with E-state index >= 15 is 0 Å². The van der Waals surface area contributed by atoms with Crippen molar-refractivity contribution in [2.45, 2.75) is 39.2 Å². The Balaban J connectivity index is 3.87. The van der Waals surface area contributed by atoms with Gasteiger partial charge in [0.1, 0.15) is 0 Å². The Morgan fingerprint density at radius 1 is 1.20 bits per heavy atom. The van der Waals surface area contributed by atoms with Gasteiger partial charge in [0.15, 0.2) is 0 Å². The van der Waals surface area contributed by atoms with Crippen molar-refractivity contribution in [3.63, 3.8) is 0 Å². The molecule has 0 saturated heterocycles. The normalized spacial score (nSPS) is 12.0. The van der Waals surface area contributed by atoms with E-state index in [1.54, 1.807) is 0 Å². The third kappa shape index (κ3) is 2.27. The van der Waals surface area contributed by atoms with E-state index in [0.717, 1.165) is 25.9 Å². The van der Waals surface area contributed by atoms with Crippen LogP contribution in [-0.4, -0.2) is 18.6 Å². The van der Waals surface area contributed by atoms with Crippen LogP contribution in [0.2, 0.25) is 0 Å². The Kier molecular flexibility index (Phi) is 4.65. The summed E-state index contributed by atoms with van der Waals surface area (Å²) in [6.45, 7) is 8.24. The molecular weight excluding hydrogens is 124 g/mol. The Hall–Kier alpha value is -0.0800. The number of hydrogen-bond acceptors (Lipinski definition) is 2. The van der Waals surface area contributed by atoms with Crippen LogP contribution in [0.4, 0.5) is 0 Å². The Morgan fingerprint density at radius 2 is 1.70 bits per heavy atom. The van der Waals surface area contributed by atoms with E-state index in [0.29, 0.717) is 0 Å². The second-order valence-electron chi connectivity index (χ2n) is 2.72. The van der Waals surface area contributed by atoms with E-state index < -0.39 is 0 Å². The molecule has 0 spiro atoms. The van der Waals surface area contributed by atoms with Crippen molar-refractivity contribution in [2.24, 2.45) is 5.73 Å². The summed E-state index contributed by atoms with van der Waals surface area (Å²) in [5.41, 5.74) is 5.86. The first-order valence-corrected chi connectivity index (χ1v) is 4.19. The highest BCUT2D eigenvalue weighted by Crippen LogP contribution is 2.11. The molecule has 0 aromatic heterocycles. The van der Waals surface area contributed by atoms with Crippen molar-refractivity contribution in [1.82, 2.24) is 5.32 Å². The van der Waals surface area contributed by atoms with Gasteiger partial charge in [-0.15, -0.1) is 0 Å². The first-order chi connectivity index (χ1) is 4.74. The van der Waals surface area contributed by atoms with Crippen LogP contribution in [0, 0.1) is 0 Å². The van der Waals surface area contributed by atoms with Gasteiger partial charge >= 0.3 is 0 Å². The molecule has 0 fully saturated rings. The summed E-state index contributed by atoms with van der Waals surface area (Å²) in [5, 5.41) is 3.42. The van der Waals surface area contributed by atoms with Gasteiger partial charge < -0.3 is 11.1 Å². The van der Waals surface area contributed by atoms with Crippen LogP contribution in [0.15, 0.2) is 0 Å². The fourth-order valence-electron chi connectivity index (χ4n) is 1.24. The highest BCUT2D eigenvalue weighted by molar-refractivity contribution is 4.85. The number of hydrogen-bond donors (Lipinski definition) is 2. The summed E-state index contributed by atoms with van der Waals surface area (Å²) in [7, 11) is 0. The zero-order valence-corrected chi connectivity index (χ0v) is 7.41. The minimum absolute atomic E-state index is 0.203. The lowest BCUT2D eigenvalue weighted by Gasteiger charge is -2.30. The molecular formula is C8H20N2. The molecule has 0 atom stereocenters. The molecule has 2 heteroatoms. The fourth-order valence-corrected chi connectivity index (χ4v) is 1.24. The summed E-state index contributed by atoms with van der Waals surface area (Å²) >= 11 is 0. The molecule has 0 radical (unpaired) electrons. The monoisotopic (exact) mass is 144 g/mol. The molecule has 0 aromatic carbocycles. The number of nitrogens with two attached hydrogens (primary N) is 1. The van der Waals surface area contributed by atoms with E-state index in [9.17, 15) is 0 Å². The van der Waals surface area contributed by atoms with Gasteiger partial charge in [0.2, 0.25) is 0 Å². The summed E-state index contributed by atoms with van der Waals surface area (Å²) < 4.78 is 0. The molecule has 0 heterocycles. The minimum Gasteiger partial charge on any atom is -0.329 e. The average Bonchev–Trinajstić information content (AvgIpc) is 2.01. The molecule has 0 aliphatic heterocycles. The van der Waals surface area contributed by atoms with E-state index in [2.05, 4.69) is 26.1 Å². The van der Waals surface area contributed by atoms with Gasteiger partial charge in [0, 0.05) is 12.1 Å². The third-order valence-electron chi connectivity index (χ3n) is 2.30. The predicted molar refractivity (Wildman–Crippen MR) is 46.0 cm³/mol. The highest BCUT2D eigenvalue weighted by Gasteiger charge is 2.21. The number of rotatable bonds is 5. The molecule has 0 aromatic rings. The van der Waals surface area contributed by atoms with Gasteiger partial charge in [0.25, 0.3) is 0 Å². The van der Waals surface area contributed by atoms with Crippen LogP contribution in [0.1, 0.15) is 33.6 Å². The van der Waals surface area contributed by atoms with Crippen molar-refractivity contribution < 1.29 is 0 Å². The molecule has 0 rings (SSSR count). The summed E-state index contributed by atoms with van der Waals surface area (Å²) in [4.78, 5) is 0. The van der Waals surface area contributed by atoms with Gasteiger partial charge in [-0.05, 0) is 19.4 Å². The molecule has 2 nitrogen and oxygen atoms in total. The van der Waals surface area contributed by atoms with Crippen molar-refractivity contribution in [3.05, 3.63) is 0 Å². The molecule has 0 bridgehead atoms. The van der Waals surface area contributed by atoms with Crippen molar-refractivity contribution in [1.29, 1.82) is 0 Å². The van der Waals surface area contributed by atoms with Gasteiger partial charge in [-0.2, -0.15) is 0 Å². The van der Waals surface area contributed by atoms with Crippen molar-refractivity contribution in [2.75, 3.05) is 13.1 Å². The smallest absolute Gasteiger partial charge is 0.0298 e. The topological polar surface area (TPSA) is 38.0 Å². The maximum atomic E-state index is 5.65. The second kappa shape index (κ2) is 4.69. The van der Waals surface area contributed by atoms with E-state index in [4.69, 9.17) is 5.73 Å². The van der Waals surface area contributed by atoms with Crippen LogP contribution < -0.4 is 11.1 Å². The molecule has 0 saturated carbocycles. The Bertz CT molecular complexity index is 69.1. The standard InChI is InChI=1S/C8H20N2/c1-4-8(5-2,7-9)10-6-3/h10H,4-7,9H2,1-3H3. The lowest BCUT2D eigenvalue weighted by Crippen LogP contribution is -2.50. The quantitative estimate of drug-likeness (QED) is 0.606. The summed E-state index contributed by atoms with van der Waals surface area (Å²) in [6.07, 6.45) is 2.24. The minimum atomic E-state index is 0.203. The molecule has 62 valence electrons. The number of nitrogens with one attached hydrogen (secondary N) is 1. The van der Waals surface area contributed by atoms with Crippen LogP contribution in [0.3, 0.4) is 0 Å². The lowest BCUT2D eigenvalue weighted by atomic mass is 9.93.